The van der Waals surface area contributed by atoms with E-state index in [1.807, 2.05) is 0 Å². The number of likely N-dealkylation sites (N-methyl/N-ethyl adjacent to an activating group) is 1. The number of nitrogens with zero attached hydrogens (tertiary/aromatic N) is 1. The molecule has 144 valence electrons. The van der Waals surface area contributed by atoms with E-state index in [9.17, 15) is 9.90 Å². The van der Waals surface area contributed by atoms with E-state index in [0.717, 1.165) is 37.0 Å². The van der Waals surface area contributed by atoms with Gasteiger partial charge in [0.15, 0.2) is 6.04 Å². The lowest BCUT2D eigenvalue weighted by atomic mass is 10.0. The third kappa shape index (κ3) is 9.05. The van der Waals surface area contributed by atoms with Gasteiger partial charge in [0.25, 0.3) is 0 Å². The van der Waals surface area contributed by atoms with Gasteiger partial charge in [-0.3, -0.25) is 0 Å². The molecule has 0 saturated carbocycles. The van der Waals surface area contributed by atoms with E-state index in [2.05, 4.69) is 27.7 Å². The van der Waals surface area contributed by atoms with Crippen molar-refractivity contribution in [2.75, 3.05) is 19.6 Å². The van der Waals surface area contributed by atoms with E-state index in [-0.39, 0.29) is 6.04 Å². The smallest absolute Gasteiger partial charge is 0.362 e. The molecular formula is C21H44NO2+. The van der Waals surface area contributed by atoms with E-state index in [1.165, 1.54) is 64.2 Å². The minimum absolute atomic E-state index is 0.219. The van der Waals surface area contributed by atoms with Gasteiger partial charge < -0.3 is 9.59 Å². The Kier molecular flexibility index (Phi) is 14.4. The van der Waals surface area contributed by atoms with Crippen LogP contribution in [0.4, 0.5) is 0 Å². The molecule has 0 heterocycles. The van der Waals surface area contributed by atoms with Crippen LogP contribution in [0.5, 0.6) is 0 Å². The van der Waals surface area contributed by atoms with Gasteiger partial charge in [-0.1, -0.05) is 71.1 Å². The SMILES string of the molecule is CCCCCCCCCCCCCC(C(=O)O)[N+](CC)(CC)CC. The maximum absolute atomic E-state index is 11.7. The fraction of sp³-hybridized carbons (Fsp3) is 0.952. The Morgan fingerprint density at radius 1 is 0.708 bits per heavy atom. The van der Waals surface area contributed by atoms with Gasteiger partial charge in [0.2, 0.25) is 0 Å². The summed E-state index contributed by atoms with van der Waals surface area (Å²) in [5.74, 6) is -0.604. The van der Waals surface area contributed by atoms with E-state index in [4.69, 9.17) is 0 Å². The summed E-state index contributed by atoms with van der Waals surface area (Å²) in [7, 11) is 0. The van der Waals surface area contributed by atoms with E-state index >= 15 is 0 Å². The Labute approximate surface area is 151 Å². The molecule has 1 unspecified atom stereocenters. The van der Waals surface area contributed by atoms with Crippen LogP contribution in [0.25, 0.3) is 0 Å². The highest BCUT2D eigenvalue weighted by Gasteiger charge is 2.37. The lowest BCUT2D eigenvalue weighted by Gasteiger charge is -2.40. The Balaban J connectivity index is 3.85. The van der Waals surface area contributed by atoms with Crippen molar-refractivity contribution in [2.45, 2.75) is 111 Å². The lowest BCUT2D eigenvalue weighted by Crippen LogP contribution is -2.58. The van der Waals surface area contributed by atoms with Crippen molar-refractivity contribution in [3.63, 3.8) is 0 Å². The molecule has 0 amide bonds. The van der Waals surface area contributed by atoms with Gasteiger partial charge in [-0.05, 0) is 27.2 Å². The number of carbonyl (C=O) groups is 1. The average Bonchev–Trinajstić information content (AvgIpc) is 2.59. The number of rotatable bonds is 17. The molecule has 0 aromatic heterocycles. The summed E-state index contributed by atoms with van der Waals surface area (Å²) in [5.41, 5.74) is 0. The van der Waals surface area contributed by atoms with Crippen molar-refractivity contribution in [2.24, 2.45) is 0 Å². The molecule has 0 aliphatic carbocycles. The van der Waals surface area contributed by atoms with Crippen molar-refractivity contribution in [1.82, 2.24) is 0 Å². The molecule has 0 aliphatic rings. The summed E-state index contributed by atoms with van der Waals surface area (Å²) in [6, 6.07) is -0.219. The average molecular weight is 343 g/mol. The normalized spacial score (nSPS) is 13.2. The van der Waals surface area contributed by atoms with Crippen molar-refractivity contribution in [1.29, 1.82) is 0 Å². The maximum atomic E-state index is 11.7. The van der Waals surface area contributed by atoms with E-state index in [0.29, 0.717) is 0 Å². The van der Waals surface area contributed by atoms with Gasteiger partial charge in [0, 0.05) is 6.42 Å². The second-order valence-electron chi connectivity index (χ2n) is 7.35. The summed E-state index contributed by atoms with van der Waals surface area (Å²) in [5, 5.41) is 9.65. The van der Waals surface area contributed by atoms with Crippen LogP contribution in [-0.2, 0) is 4.79 Å². The molecular weight excluding hydrogens is 298 g/mol. The van der Waals surface area contributed by atoms with Crippen LogP contribution in [0.1, 0.15) is 105 Å². The minimum Gasteiger partial charge on any atom is -0.477 e. The van der Waals surface area contributed by atoms with Gasteiger partial charge >= 0.3 is 5.97 Å². The van der Waals surface area contributed by atoms with Crippen LogP contribution in [0.3, 0.4) is 0 Å². The third-order valence-electron chi connectivity index (χ3n) is 5.92. The molecule has 0 aliphatic heterocycles. The fourth-order valence-corrected chi connectivity index (χ4v) is 3.97. The lowest BCUT2D eigenvalue weighted by molar-refractivity contribution is -0.939. The molecule has 24 heavy (non-hydrogen) atoms. The minimum atomic E-state index is -0.604. The highest BCUT2D eigenvalue weighted by Crippen LogP contribution is 2.20. The number of carboxylic acids is 1. The number of hydrogen-bond donors (Lipinski definition) is 1. The molecule has 3 heteroatoms. The Hall–Kier alpha value is -0.570. The Bertz CT molecular complexity index is 292. The molecule has 0 radical (unpaired) electrons. The third-order valence-corrected chi connectivity index (χ3v) is 5.92. The van der Waals surface area contributed by atoms with Gasteiger partial charge in [-0.25, -0.2) is 4.79 Å². The van der Waals surface area contributed by atoms with Gasteiger partial charge in [-0.15, -0.1) is 0 Å². The summed E-state index contributed by atoms with van der Waals surface area (Å²) < 4.78 is 0.729. The highest BCUT2D eigenvalue weighted by molar-refractivity contribution is 5.72. The zero-order valence-electron chi connectivity index (χ0n) is 17.0. The summed E-state index contributed by atoms with van der Waals surface area (Å²) in [6.07, 6.45) is 15.3. The molecule has 0 rings (SSSR count). The van der Waals surface area contributed by atoms with Crippen LogP contribution < -0.4 is 0 Å². The molecule has 0 saturated heterocycles. The zero-order chi connectivity index (χ0) is 18.3. The molecule has 0 aromatic carbocycles. The van der Waals surface area contributed by atoms with E-state index in [1.54, 1.807) is 0 Å². The van der Waals surface area contributed by atoms with Crippen molar-refractivity contribution >= 4 is 5.97 Å². The first-order valence-electron chi connectivity index (χ1n) is 10.7. The fourth-order valence-electron chi connectivity index (χ4n) is 3.97. The largest absolute Gasteiger partial charge is 0.477 e. The Morgan fingerprint density at radius 2 is 1.08 bits per heavy atom. The predicted molar refractivity (Wildman–Crippen MR) is 104 cm³/mol. The predicted octanol–water partition coefficient (Wildman–Crippen LogP) is 6.02. The molecule has 1 N–H and O–H groups in total. The van der Waals surface area contributed by atoms with Gasteiger partial charge in [-0.2, -0.15) is 0 Å². The van der Waals surface area contributed by atoms with Crippen LogP contribution in [-0.4, -0.2) is 41.2 Å². The molecule has 0 aromatic rings. The molecule has 0 bridgehead atoms. The van der Waals surface area contributed by atoms with Crippen LogP contribution >= 0.6 is 0 Å². The molecule has 0 fully saturated rings. The quantitative estimate of drug-likeness (QED) is 0.259. The first kappa shape index (κ1) is 23.4. The zero-order valence-corrected chi connectivity index (χ0v) is 17.0. The first-order chi connectivity index (χ1) is 11.6. The molecule has 1 atom stereocenters. The molecule has 0 spiro atoms. The summed E-state index contributed by atoms with van der Waals surface area (Å²) in [4.78, 5) is 11.7. The number of unbranched alkanes of at least 4 members (excludes halogenated alkanes) is 10. The standard InChI is InChI=1S/C21H43NO2/c1-5-9-10-11-12-13-14-15-16-17-18-19-20(21(23)24)22(6-2,7-3)8-4/h20H,5-19H2,1-4H3/p+1. The second-order valence-corrected chi connectivity index (χ2v) is 7.35. The maximum Gasteiger partial charge on any atom is 0.362 e. The van der Waals surface area contributed by atoms with E-state index < -0.39 is 5.97 Å². The number of hydrogen-bond acceptors (Lipinski definition) is 1. The number of quaternary nitrogens is 1. The van der Waals surface area contributed by atoms with Gasteiger partial charge in [0.1, 0.15) is 0 Å². The van der Waals surface area contributed by atoms with Crippen molar-refractivity contribution in [3.8, 4) is 0 Å². The highest BCUT2D eigenvalue weighted by atomic mass is 16.4. The first-order valence-corrected chi connectivity index (χ1v) is 10.7. The topological polar surface area (TPSA) is 37.3 Å². The number of carboxylic acid groups (broad SMARTS) is 1. The van der Waals surface area contributed by atoms with Crippen molar-refractivity contribution in [3.05, 3.63) is 0 Å². The van der Waals surface area contributed by atoms with Crippen LogP contribution in [0.15, 0.2) is 0 Å². The monoisotopic (exact) mass is 342 g/mol. The van der Waals surface area contributed by atoms with Crippen LogP contribution in [0, 0.1) is 0 Å². The van der Waals surface area contributed by atoms with Gasteiger partial charge in [0.05, 0.1) is 19.6 Å². The van der Waals surface area contributed by atoms with Crippen LogP contribution in [0.2, 0.25) is 0 Å². The summed E-state index contributed by atoms with van der Waals surface area (Å²) >= 11 is 0. The second kappa shape index (κ2) is 14.7. The summed E-state index contributed by atoms with van der Waals surface area (Å²) in [6.45, 7) is 11.4. The Morgan fingerprint density at radius 3 is 1.42 bits per heavy atom. The van der Waals surface area contributed by atoms with Crippen molar-refractivity contribution < 1.29 is 14.4 Å². The molecule has 3 nitrogen and oxygen atoms in total. The number of aliphatic carboxylic acids is 1.